The van der Waals surface area contributed by atoms with E-state index in [0.717, 1.165) is 25.9 Å². The minimum Gasteiger partial charge on any atom is -0.343 e. The van der Waals surface area contributed by atoms with Gasteiger partial charge in [0.15, 0.2) is 0 Å². The highest BCUT2D eigenvalue weighted by atomic mass is 32.2. The van der Waals surface area contributed by atoms with Crippen molar-refractivity contribution in [2.45, 2.75) is 32.1 Å². The average Bonchev–Trinajstić information content (AvgIpc) is 2.75. The van der Waals surface area contributed by atoms with Gasteiger partial charge in [-0.15, -0.1) is 0 Å². The Morgan fingerprint density at radius 2 is 1.55 bits per heavy atom. The molecule has 0 unspecified atom stereocenters. The van der Waals surface area contributed by atoms with E-state index in [1.807, 2.05) is 4.90 Å². The Morgan fingerprint density at radius 3 is 2.15 bits per heavy atom. The molecule has 2 rings (SSSR count). The molecule has 0 spiro atoms. The Kier molecular flexibility index (Phi) is 5.80. The van der Waals surface area contributed by atoms with Crippen LogP contribution in [0.3, 0.4) is 0 Å². The molecule has 2 fully saturated rings. The lowest BCUT2D eigenvalue weighted by Crippen LogP contribution is -2.47. The second kappa shape index (κ2) is 7.38. The molecule has 0 atom stereocenters. The fourth-order valence-electron chi connectivity index (χ4n) is 2.75. The summed E-state index contributed by atoms with van der Waals surface area (Å²) in [5.74, 6) is -0.0619. The molecule has 0 saturated carbocycles. The van der Waals surface area contributed by atoms with Crippen LogP contribution in [0.5, 0.6) is 0 Å². The topological polar surface area (TPSA) is 69.7 Å². The van der Waals surface area contributed by atoms with Gasteiger partial charge in [0, 0.05) is 45.7 Å². The second-order valence-corrected chi connectivity index (χ2v) is 7.60. The smallest absolute Gasteiger partial charge is 0.223 e. The number of carbonyl (C=O) groups is 1. The third kappa shape index (κ3) is 4.43. The van der Waals surface area contributed by atoms with Gasteiger partial charge in [-0.25, -0.2) is 8.42 Å². The van der Waals surface area contributed by atoms with Gasteiger partial charge in [0.2, 0.25) is 15.9 Å². The third-order valence-electron chi connectivity index (χ3n) is 4.00. The number of likely N-dealkylation sites (tertiary alicyclic amines) is 1. The van der Waals surface area contributed by atoms with E-state index in [-0.39, 0.29) is 18.1 Å². The molecule has 2 saturated heterocycles. The van der Waals surface area contributed by atoms with E-state index in [1.165, 1.54) is 17.1 Å². The van der Waals surface area contributed by atoms with Crippen LogP contribution < -0.4 is 5.32 Å². The van der Waals surface area contributed by atoms with Gasteiger partial charge in [0.25, 0.3) is 0 Å². The summed E-state index contributed by atoms with van der Waals surface area (Å²) in [6, 6.07) is 0. The summed E-state index contributed by atoms with van der Waals surface area (Å²) in [4.78, 5) is 13.9. The molecule has 1 N–H and O–H groups in total. The van der Waals surface area contributed by atoms with Gasteiger partial charge in [-0.3, -0.25) is 4.79 Å². The van der Waals surface area contributed by atoms with E-state index in [1.54, 1.807) is 0 Å². The zero-order chi connectivity index (χ0) is 14.4. The maximum atomic E-state index is 12.2. The zero-order valence-electron chi connectivity index (χ0n) is 12.0. The molecule has 0 radical (unpaired) electrons. The third-order valence-corrected chi connectivity index (χ3v) is 5.87. The molecule has 0 aromatic rings. The molecule has 2 heterocycles. The van der Waals surface area contributed by atoms with Crippen molar-refractivity contribution in [3.05, 3.63) is 0 Å². The summed E-state index contributed by atoms with van der Waals surface area (Å²) in [6.45, 7) is 3.98. The van der Waals surface area contributed by atoms with E-state index < -0.39 is 10.0 Å². The van der Waals surface area contributed by atoms with Gasteiger partial charge in [-0.2, -0.15) is 4.31 Å². The minimum absolute atomic E-state index is 0.00869. The summed E-state index contributed by atoms with van der Waals surface area (Å²) in [5, 5.41) is 3.13. The molecule has 0 aliphatic carbocycles. The lowest BCUT2D eigenvalue weighted by atomic mass is 10.2. The number of piperazine rings is 1. The highest BCUT2D eigenvalue weighted by molar-refractivity contribution is 7.89. The van der Waals surface area contributed by atoms with Crippen LogP contribution in [0, 0.1) is 0 Å². The van der Waals surface area contributed by atoms with Crippen LogP contribution in [0.1, 0.15) is 32.1 Å². The van der Waals surface area contributed by atoms with Gasteiger partial charge in [-0.05, 0) is 12.8 Å². The number of rotatable bonds is 4. The lowest BCUT2D eigenvalue weighted by molar-refractivity contribution is -0.130. The van der Waals surface area contributed by atoms with Crippen molar-refractivity contribution < 1.29 is 13.2 Å². The normalized spacial score (nSPS) is 22.5. The summed E-state index contributed by atoms with van der Waals surface area (Å²) < 4.78 is 25.8. The lowest BCUT2D eigenvalue weighted by Gasteiger charge is -2.27. The Hall–Kier alpha value is -0.660. The predicted molar refractivity (Wildman–Crippen MR) is 77.9 cm³/mol. The van der Waals surface area contributed by atoms with Gasteiger partial charge >= 0.3 is 0 Å². The fourth-order valence-corrected chi connectivity index (χ4v) is 4.18. The highest BCUT2D eigenvalue weighted by Crippen LogP contribution is 2.12. The van der Waals surface area contributed by atoms with Crippen molar-refractivity contribution in [1.29, 1.82) is 0 Å². The molecule has 20 heavy (non-hydrogen) atoms. The Morgan fingerprint density at radius 1 is 0.950 bits per heavy atom. The number of nitrogens with one attached hydrogen (secondary N) is 1. The second-order valence-electron chi connectivity index (χ2n) is 5.51. The van der Waals surface area contributed by atoms with Crippen molar-refractivity contribution in [3.63, 3.8) is 0 Å². The number of hydrogen-bond donors (Lipinski definition) is 1. The maximum Gasteiger partial charge on any atom is 0.223 e. The van der Waals surface area contributed by atoms with Crippen LogP contribution >= 0.6 is 0 Å². The van der Waals surface area contributed by atoms with Crippen LogP contribution in [0.4, 0.5) is 0 Å². The Bertz CT molecular complexity index is 411. The molecule has 6 nitrogen and oxygen atoms in total. The molecule has 2 aliphatic heterocycles. The summed E-state index contributed by atoms with van der Waals surface area (Å²) >= 11 is 0. The van der Waals surface area contributed by atoms with Gasteiger partial charge in [0.05, 0.1) is 5.75 Å². The Balaban J connectivity index is 1.82. The highest BCUT2D eigenvalue weighted by Gasteiger charge is 2.25. The molecule has 2 aliphatic rings. The average molecular weight is 303 g/mol. The van der Waals surface area contributed by atoms with Crippen LogP contribution in [-0.4, -0.2) is 68.6 Å². The number of carbonyl (C=O) groups excluding carboxylic acids is 1. The zero-order valence-corrected chi connectivity index (χ0v) is 12.8. The molecule has 0 bridgehead atoms. The molecular formula is C13H25N3O3S. The van der Waals surface area contributed by atoms with Gasteiger partial charge < -0.3 is 10.2 Å². The summed E-state index contributed by atoms with van der Waals surface area (Å²) in [5.41, 5.74) is 0. The SMILES string of the molecule is O=C(CCS(=O)(=O)N1CCNCC1)N1CCCCCC1. The van der Waals surface area contributed by atoms with Crippen molar-refractivity contribution in [3.8, 4) is 0 Å². The maximum absolute atomic E-state index is 12.2. The van der Waals surface area contributed by atoms with Gasteiger partial charge in [0.1, 0.15) is 0 Å². The van der Waals surface area contributed by atoms with Crippen LogP contribution in [0.25, 0.3) is 0 Å². The number of amides is 1. The van der Waals surface area contributed by atoms with Crippen molar-refractivity contribution in [2.75, 3.05) is 45.0 Å². The van der Waals surface area contributed by atoms with E-state index in [0.29, 0.717) is 26.2 Å². The number of sulfonamides is 1. The first kappa shape index (κ1) is 15.7. The minimum atomic E-state index is -3.28. The Labute approximate surface area is 121 Å². The first-order valence-corrected chi connectivity index (χ1v) is 9.17. The number of hydrogen-bond acceptors (Lipinski definition) is 4. The quantitative estimate of drug-likeness (QED) is 0.794. The fraction of sp³-hybridized carbons (Fsp3) is 0.923. The van der Waals surface area contributed by atoms with Crippen LogP contribution in [0.2, 0.25) is 0 Å². The van der Waals surface area contributed by atoms with Gasteiger partial charge in [-0.1, -0.05) is 12.8 Å². The monoisotopic (exact) mass is 303 g/mol. The molecule has 116 valence electrons. The standard InChI is InChI=1S/C13H25N3O3S/c17-13(15-8-3-1-2-4-9-15)5-12-20(18,19)16-10-6-14-7-11-16/h14H,1-12H2. The molecule has 7 heteroatoms. The van der Waals surface area contributed by atoms with Crippen LogP contribution in [-0.2, 0) is 14.8 Å². The van der Waals surface area contributed by atoms with E-state index in [2.05, 4.69) is 5.32 Å². The predicted octanol–water partition coefficient (Wildman–Crippen LogP) is 0.0141. The van der Waals surface area contributed by atoms with Crippen LogP contribution in [0.15, 0.2) is 0 Å². The van der Waals surface area contributed by atoms with E-state index in [4.69, 9.17) is 0 Å². The molecular weight excluding hydrogens is 278 g/mol. The molecule has 1 amide bonds. The summed E-state index contributed by atoms with van der Waals surface area (Å²) in [7, 11) is -3.28. The van der Waals surface area contributed by atoms with Crippen molar-refractivity contribution >= 4 is 15.9 Å². The summed E-state index contributed by atoms with van der Waals surface area (Å²) in [6.07, 6.45) is 4.53. The van der Waals surface area contributed by atoms with E-state index in [9.17, 15) is 13.2 Å². The van der Waals surface area contributed by atoms with E-state index >= 15 is 0 Å². The van der Waals surface area contributed by atoms with Crippen molar-refractivity contribution in [2.24, 2.45) is 0 Å². The molecule has 0 aromatic carbocycles. The first-order valence-electron chi connectivity index (χ1n) is 7.56. The largest absolute Gasteiger partial charge is 0.343 e. The molecule has 0 aromatic heterocycles. The van der Waals surface area contributed by atoms with Crippen molar-refractivity contribution in [1.82, 2.24) is 14.5 Å². The first-order chi connectivity index (χ1) is 9.59. The number of nitrogens with zero attached hydrogens (tertiary/aromatic N) is 2.